The predicted molar refractivity (Wildman–Crippen MR) is 131 cm³/mol. The molecule has 3 heteroatoms. The molecule has 3 aromatic carbocycles. The second-order valence-electron chi connectivity index (χ2n) is 8.75. The highest BCUT2D eigenvalue weighted by Crippen LogP contribution is 2.32. The zero-order chi connectivity index (χ0) is 22.4. The van der Waals surface area contributed by atoms with Gasteiger partial charge in [0.05, 0.1) is 12.1 Å². The largest absolute Gasteiger partial charge is 0.324 e. The smallest absolute Gasteiger partial charge is 0.241 e. The van der Waals surface area contributed by atoms with Gasteiger partial charge in [0.1, 0.15) is 0 Å². The lowest BCUT2D eigenvalue weighted by Gasteiger charge is -2.26. The van der Waals surface area contributed by atoms with Crippen LogP contribution in [0, 0.1) is 0 Å². The molecule has 3 rings (SSSR count). The van der Waals surface area contributed by atoms with Gasteiger partial charge in [-0.1, -0.05) is 107 Å². The van der Waals surface area contributed by atoms with Gasteiger partial charge in [-0.2, -0.15) is 0 Å². The van der Waals surface area contributed by atoms with Gasteiger partial charge in [-0.15, -0.1) is 0 Å². The van der Waals surface area contributed by atoms with E-state index < -0.39 is 0 Å². The van der Waals surface area contributed by atoms with Crippen LogP contribution < -0.4 is 10.6 Å². The maximum absolute atomic E-state index is 13.3. The third-order valence-corrected chi connectivity index (χ3v) is 5.70. The van der Waals surface area contributed by atoms with Crippen molar-refractivity contribution >= 4 is 11.6 Å². The first-order chi connectivity index (χ1) is 14.9. The lowest BCUT2D eigenvalue weighted by Crippen LogP contribution is -2.41. The number of para-hydroxylation sites is 1. The van der Waals surface area contributed by atoms with Crippen LogP contribution in [0.5, 0.6) is 0 Å². The first-order valence-corrected chi connectivity index (χ1v) is 11.2. The minimum absolute atomic E-state index is 0.0214. The summed E-state index contributed by atoms with van der Waals surface area (Å²) in [5.74, 6) is 0.643. The van der Waals surface area contributed by atoms with E-state index in [1.165, 1.54) is 11.1 Å². The molecule has 0 aromatic heterocycles. The molecule has 0 saturated heterocycles. The van der Waals surface area contributed by atoms with Crippen LogP contribution in [0.3, 0.4) is 0 Å². The first kappa shape index (κ1) is 22.8. The molecule has 0 unspecified atom stereocenters. The lowest BCUT2D eigenvalue weighted by molar-refractivity contribution is -0.117. The minimum atomic E-state index is -0.370. The fraction of sp³-hybridized carbons (Fsp3) is 0.321. The Hall–Kier alpha value is -2.91. The zero-order valence-electron chi connectivity index (χ0n) is 19.2. The molecule has 1 atom stereocenters. The van der Waals surface area contributed by atoms with Crippen LogP contribution in [0.15, 0.2) is 78.9 Å². The van der Waals surface area contributed by atoms with Crippen molar-refractivity contribution < 1.29 is 4.79 Å². The molecule has 0 saturated carbocycles. The van der Waals surface area contributed by atoms with Crippen molar-refractivity contribution in [3.8, 4) is 0 Å². The number of amides is 1. The third kappa shape index (κ3) is 5.62. The average Bonchev–Trinajstić information content (AvgIpc) is 2.78. The molecule has 0 aliphatic heterocycles. The Morgan fingerprint density at radius 3 is 1.52 bits per heavy atom. The van der Waals surface area contributed by atoms with Crippen molar-refractivity contribution in [2.45, 2.75) is 58.5 Å². The van der Waals surface area contributed by atoms with Crippen LogP contribution in [-0.2, 0) is 4.79 Å². The van der Waals surface area contributed by atoms with Crippen molar-refractivity contribution in [3.05, 3.63) is 101 Å². The monoisotopic (exact) mass is 414 g/mol. The molecule has 0 spiro atoms. The fourth-order valence-corrected chi connectivity index (χ4v) is 3.93. The van der Waals surface area contributed by atoms with Crippen LogP contribution in [0.1, 0.15) is 74.8 Å². The summed E-state index contributed by atoms with van der Waals surface area (Å²) < 4.78 is 0. The summed E-state index contributed by atoms with van der Waals surface area (Å²) in [4.78, 5) is 13.3. The summed E-state index contributed by atoms with van der Waals surface area (Å²) in [6.07, 6.45) is 0. The summed E-state index contributed by atoms with van der Waals surface area (Å²) in [6.45, 7) is 10.6. The normalized spacial score (nSPS) is 12.4. The maximum Gasteiger partial charge on any atom is 0.241 e. The van der Waals surface area contributed by atoms with Crippen molar-refractivity contribution in [3.63, 3.8) is 0 Å². The highest BCUT2D eigenvalue weighted by Gasteiger charge is 2.23. The highest BCUT2D eigenvalue weighted by molar-refractivity contribution is 5.96. The number of benzene rings is 3. The SMILES string of the molecule is CC(C)c1cccc(C(C)C)c1NC(=O)[C@H](C)NC(c1ccccc1)c1ccccc1. The zero-order valence-corrected chi connectivity index (χ0v) is 19.2. The van der Waals surface area contributed by atoms with Crippen molar-refractivity contribution in [1.82, 2.24) is 5.32 Å². The number of carbonyl (C=O) groups is 1. The second kappa shape index (κ2) is 10.4. The van der Waals surface area contributed by atoms with Crippen LogP contribution in [0.4, 0.5) is 5.69 Å². The summed E-state index contributed by atoms with van der Waals surface area (Å²) in [6, 6.07) is 26.4. The second-order valence-corrected chi connectivity index (χ2v) is 8.75. The lowest BCUT2D eigenvalue weighted by atomic mass is 9.92. The predicted octanol–water partition coefficient (Wildman–Crippen LogP) is 6.64. The van der Waals surface area contributed by atoms with E-state index in [2.05, 4.69) is 80.8 Å². The summed E-state index contributed by atoms with van der Waals surface area (Å²) in [5, 5.41) is 6.80. The van der Waals surface area contributed by atoms with E-state index in [0.29, 0.717) is 11.8 Å². The van der Waals surface area contributed by atoms with Crippen LogP contribution in [0.25, 0.3) is 0 Å². The molecule has 3 aromatic rings. The Bertz CT molecular complexity index is 915. The van der Waals surface area contributed by atoms with Gasteiger partial charge in [-0.25, -0.2) is 0 Å². The summed E-state index contributed by atoms with van der Waals surface area (Å²) >= 11 is 0. The van der Waals surface area contributed by atoms with Gasteiger partial charge in [-0.3, -0.25) is 10.1 Å². The van der Waals surface area contributed by atoms with E-state index in [0.717, 1.165) is 16.8 Å². The molecular formula is C28H34N2O. The molecule has 3 nitrogen and oxygen atoms in total. The Balaban J connectivity index is 1.86. The van der Waals surface area contributed by atoms with Gasteiger partial charge in [-0.05, 0) is 41.0 Å². The molecule has 0 radical (unpaired) electrons. The Morgan fingerprint density at radius 1 is 0.645 bits per heavy atom. The third-order valence-electron chi connectivity index (χ3n) is 5.70. The average molecular weight is 415 g/mol. The summed E-state index contributed by atoms with van der Waals surface area (Å²) in [5.41, 5.74) is 5.59. The fourth-order valence-electron chi connectivity index (χ4n) is 3.93. The van der Waals surface area contributed by atoms with Gasteiger partial charge >= 0.3 is 0 Å². The standard InChI is InChI=1S/C28H34N2O/c1-19(2)24-17-12-18-25(20(3)4)27(24)30-28(31)21(5)29-26(22-13-8-6-9-14-22)23-15-10-7-11-16-23/h6-21,26,29H,1-5H3,(H,30,31)/t21-/m0/s1. The van der Waals surface area contributed by atoms with Gasteiger partial charge < -0.3 is 5.32 Å². The number of rotatable bonds is 8. The number of nitrogens with one attached hydrogen (secondary N) is 2. The molecule has 2 N–H and O–H groups in total. The number of hydrogen-bond donors (Lipinski definition) is 2. The molecule has 0 bridgehead atoms. The molecule has 1 amide bonds. The molecule has 0 fully saturated rings. The van der Waals surface area contributed by atoms with E-state index in [9.17, 15) is 4.79 Å². The molecular weight excluding hydrogens is 380 g/mol. The molecule has 162 valence electrons. The maximum atomic E-state index is 13.3. The van der Waals surface area contributed by atoms with Crippen LogP contribution in [0.2, 0.25) is 0 Å². The van der Waals surface area contributed by atoms with Gasteiger partial charge in [0, 0.05) is 5.69 Å². The number of anilines is 1. The Morgan fingerprint density at radius 2 is 1.10 bits per heavy atom. The molecule has 31 heavy (non-hydrogen) atoms. The molecule has 0 aliphatic rings. The van der Waals surface area contributed by atoms with Crippen LogP contribution in [-0.4, -0.2) is 11.9 Å². The topological polar surface area (TPSA) is 41.1 Å². The van der Waals surface area contributed by atoms with E-state index >= 15 is 0 Å². The first-order valence-electron chi connectivity index (χ1n) is 11.2. The van der Waals surface area contributed by atoms with E-state index in [1.807, 2.05) is 43.3 Å². The van der Waals surface area contributed by atoms with Gasteiger partial charge in [0.2, 0.25) is 5.91 Å². The quantitative estimate of drug-likeness (QED) is 0.434. The molecule has 0 heterocycles. The number of hydrogen-bond acceptors (Lipinski definition) is 2. The van der Waals surface area contributed by atoms with E-state index in [4.69, 9.17) is 0 Å². The van der Waals surface area contributed by atoms with Crippen molar-refractivity contribution in [2.75, 3.05) is 5.32 Å². The van der Waals surface area contributed by atoms with Crippen molar-refractivity contribution in [2.24, 2.45) is 0 Å². The van der Waals surface area contributed by atoms with Gasteiger partial charge in [0.15, 0.2) is 0 Å². The summed E-state index contributed by atoms with van der Waals surface area (Å²) in [7, 11) is 0. The Kier molecular flexibility index (Phi) is 7.64. The Labute approximate surface area is 186 Å². The minimum Gasteiger partial charge on any atom is -0.324 e. The van der Waals surface area contributed by atoms with Gasteiger partial charge in [0.25, 0.3) is 0 Å². The molecule has 0 aliphatic carbocycles. The number of carbonyl (C=O) groups excluding carboxylic acids is 1. The van der Waals surface area contributed by atoms with E-state index in [1.54, 1.807) is 0 Å². The van der Waals surface area contributed by atoms with Crippen LogP contribution >= 0.6 is 0 Å². The van der Waals surface area contributed by atoms with Crippen molar-refractivity contribution in [1.29, 1.82) is 0 Å². The van der Waals surface area contributed by atoms with E-state index in [-0.39, 0.29) is 18.0 Å². The highest BCUT2D eigenvalue weighted by atomic mass is 16.2.